The second-order valence-corrected chi connectivity index (χ2v) is 7.21. The number of unbranched alkanes of at least 4 members (excludes halogenated alkanes) is 3. The second-order valence-electron chi connectivity index (χ2n) is 5.24. The number of amides is 1. The molecule has 1 aliphatic rings. The van der Waals surface area contributed by atoms with Crippen LogP contribution in [0.15, 0.2) is 17.5 Å². The van der Waals surface area contributed by atoms with Crippen molar-refractivity contribution in [2.24, 2.45) is 0 Å². The molecule has 1 aromatic rings. The first-order valence-corrected chi connectivity index (χ1v) is 9.60. The molecule has 0 bridgehead atoms. The Morgan fingerprint density at radius 1 is 1.35 bits per heavy atom. The molecular weight excluding hydrogens is 288 g/mol. The normalized spacial score (nSPS) is 22.7. The lowest BCUT2D eigenvalue weighted by atomic mass is 10.2. The van der Waals surface area contributed by atoms with Gasteiger partial charge in [-0.1, -0.05) is 18.9 Å². The molecule has 5 heteroatoms. The first kappa shape index (κ1) is 15.9. The van der Waals surface area contributed by atoms with Crippen LogP contribution in [0, 0.1) is 0 Å². The maximum Gasteiger partial charge on any atom is 0.241 e. The van der Waals surface area contributed by atoms with Crippen molar-refractivity contribution < 1.29 is 4.79 Å². The molecule has 1 aliphatic heterocycles. The minimum absolute atomic E-state index is 0.0569. The molecule has 2 heterocycles. The standard InChI is InChI=1S/C15H24N2OS2/c1-12-15(18)17(9-5-3-4-6-10-19-2)14(16-12)13-8-7-11-20-13/h7-8,11-12,14,16H,3-6,9-10H2,1-2H3. The number of hydrogen-bond donors (Lipinski definition) is 1. The van der Waals surface area contributed by atoms with Crippen molar-refractivity contribution in [1.29, 1.82) is 0 Å². The first-order valence-electron chi connectivity index (χ1n) is 7.33. The fourth-order valence-electron chi connectivity index (χ4n) is 2.58. The molecule has 0 aromatic carbocycles. The maximum atomic E-state index is 12.2. The summed E-state index contributed by atoms with van der Waals surface area (Å²) in [6.07, 6.45) is 7.13. The van der Waals surface area contributed by atoms with E-state index in [1.165, 1.54) is 29.9 Å². The topological polar surface area (TPSA) is 32.3 Å². The van der Waals surface area contributed by atoms with E-state index in [0.717, 1.165) is 13.0 Å². The number of thiophene rings is 1. The van der Waals surface area contributed by atoms with E-state index in [0.29, 0.717) is 0 Å². The molecule has 1 amide bonds. The van der Waals surface area contributed by atoms with Crippen LogP contribution in [0.1, 0.15) is 43.6 Å². The molecule has 2 unspecified atom stereocenters. The quantitative estimate of drug-likeness (QED) is 0.746. The highest BCUT2D eigenvalue weighted by Crippen LogP contribution is 2.28. The third kappa shape index (κ3) is 3.99. The lowest BCUT2D eigenvalue weighted by Crippen LogP contribution is -2.31. The monoisotopic (exact) mass is 312 g/mol. The maximum absolute atomic E-state index is 12.2. The number of carbonyl (C=O) groups excluding carboxylic acids is 1. The Morgan fingerprint density at radius 3 is 2.85 bits per heavy atom. The van der Waals surface area contributed by atoms with Gasteiger partial charge >= 0.3 is 0 Å². The highest BCUT2D eigenvalue weighted by molar-refractivity contribution is 7.98. The minimum atomic E-state index is -0.0569. The molecule has 0 radical (unpaired) electrons. The van der Waals surface area contributed by atoms with Crippen LogP contribution in [-0.4, -0.2) is 35.4 Å². The van der Waals surface area contributed by atoms with Gasteiger partial charge in [0.25, 0.3) is 0 Å². The largest absolute Gasteiger partial charge is 0.321 e. The average molecular weight is 313 g/mol. The molecule has 0 aliphatic carbocycles. The lowest BCUT2D eigenvalue weighted by Gasteiger charge is -2.23. The van der Waals surface area contributed by atoms with E-state index in [2.05, 4.69) is 29.1 Å². The summed E-state index contributed by atoms with van der Waals surface area (Å²) in [7, 11) is 0. The Bertz CT molecular complexity index is 408. The van der Waals surface area contributed by atoms with Crippen LogP contribution in [0.4, 0.5) is 0 Å². The van der Waals surface area contributed by atoms with E-state index in [1.54, 1.807) is 11.3 Å². The van der Waals surface area contributed by atoms with Gasteiger partial charge < -0.3 is 4.90 Å². The van der Waals surface area contributed by atoms with Gasteiger partial charge in [-0.3, -0.25) is 10.1 Å². The van der Waals surface area contributed by atoms with Crippen molar-refractivity contribution in [1.82, 2.24) is 10.2 Å². The fourth-order valence-corrected chi connectivity index (χ4v) is 3.87. The van der Waals surface area contributed by atoms with Crippen LogP contribution in [0.3, 0.4) is 0 Å². The van der Waals surface area contributed by atoms with Crippen LogP contribution in [0.25, 0.3) is 0 Å². The Kier molecular flexibility index (Phi) is 6.39. The Hall–Kier alpha value is -0.520. The van der Waals surface area contributed by atoms with Gasteiger partial charge in [0.1, 0.15) is 6.17 Å². The van der Waals surface area contributed by atoms with Crippen LogP contribution in [0.2, 0.25) is 0 Å². The Labute approximate surface area is 130 Å². The van der Waals surface area contributed by atoms with Gasteiger partial charge in [0, 0.05) is 11.4 Å². The summed E-state index contributed by atoms with van der Waals surface area (Å²) in [4.78, 5) is 15.5. The summed E-state index contributed by atoms with van der Waals surface area (Å²) in [5, 5.41) is 5.48. The van der Waals surface area contributed by atoms with Crippen molar-refractivity contribution in [2.45, 2.75) is 44.8 Å². The summed E-state index contributed by atoms with van der Waals surface area (Å²) < 4.78 is 0. The average Bonchev–Trinajstić information content (AvgIpc) is 3.05. The van der Waals surface area contributed by atoms with E-state index in [-0.39, 0.29) is 18.1 Å². The molecule has 0 spiro atoms. The summed E-state index contributed by atoms with van der Waals surface area (Å²) in [6.45, 7) is 2.83. The van der Waals surface area contributed by atoms with E-state index in [9.17, 15) is 4.79 Å². The number of rotatable bonds is 8. The van der Waals surface area contributed by atoms with Gasteiger partial charge in [-0.2, -0.15) is 11.8 Å². The molecular formula is C15H24N2OS2. The highest BCUT2D eigenvalue weighted by atomic mass is 32.2. The third-order valence-electron chi connectivity index (χ3n) is 3.68. The number of carbonyl (C=O) groups is 1. The van der Waals surface area contributed by atoms with Crippen LogP contribution in [0.5, 0.6) is 0 Å². The first-order chi connectivity index (χ1) is 9.74. The van der Waals surface area contributed by atoms with Crippen molar-refractivity contribution in [2.75, 3.05) is 18.6 Å². The fraction of sp³-hybridized carbons (Fsp3) is 0.667. The molecule has 1 saturated heterocycles. The summed E-state index contributed by atoms with van der Waals surface area (Å²) in [6, 6.07) is 4.10. The third-order valence-corrected chi connectivity index (χ3v) is 5.30. The van der Waals surface area contributed by atoms with Gasteiger partial charge in [0.05, 0.1) is 6.04 Å². The number of nitrogens with one attached hydrogen (secondary N) is 1. The summed E-state index contributed by atoms with van der Waals surface area (Å²) in [5.41, 5.74) is 0. The molecule has 112 valence electrons. The van der Waals surface area contributed by atoms with Crippen molar-refractivity contribution >= 4 is 29.0 Å². The predicted molar refractivity (Wildman–Crippen MR) is 88.2 cm³/mol. The molecule has 2 rings (SSSR count). The lowest BCUT2D eigenvalue weighted by molar-refractivity contribution is -0.129. The van der Waals surface area contributed by atoms with Gasteiger partial charge in [0.2, 0.25) is 5.91 Å². The van der Waals surface area contributed by atoms with Gasteiger partial charge in [0.15, 0.2) is 0 Å². The van der Waals surface area contributed by atoms with Crippen molar-refractivity contribution in [3.05, 3.63) is 22.4 Å². The molecule has 3 nitrogen and oxygen atoms in total. The van der Waals surface area contributed by atoms with Crippen LogP contribution >= 0.6 is 23.1 Å². The van der Waals surface area contributed by atoms with Gasteiger partial charge in [-0.15, -0.1) is 11.3 Å². The zero-order chi connectivity index (χ0) is 14.4. The molecule has 1 fully saturated rings. The van der Waals surface area contributed by atoms with Crippen LogP contribution < -0.4 is 5.32 Å². The number of thioether (sulfide) groups is 1. The SMILES string of the molecule is CSCCCCCCN1C(=O)C(C)NC1c1cccs1. The molecule has 1 aromatic heterocycles. The number of nitrogens with zero attached hydrogens (tertiary/aromatic N) is 1. The summed E-state index contributed by atoms with van der Waals surface area (Å²) in [5.74, 6) is 1.49. The van der Waals surface area contributed by atoms with E-state index < -0.39 is 0 Å². The van der Waals surface area contributed by atoms with E-state index in [4.69, 9.17) is 0 Å². The molecule has 0 saturated carbocycles. The summed E-state index contributed by atoms with van der Waals surface area (Å²) >= 11 is 3.63. The van der Waals surface area contributed by atoms with Gasteiger partial charge in [-0.05, 0) is 43.2 Å². The zero-order valence-electron chi connectivity index (χ0n) is 12.3. The van der Waals surface area contributed by atoms with Crippen LogP contribution in [-0.2, 0) is 4.79 Å². The van der Waals surface area contributed by atoms with E-state index in [1.807, 2.05) is 23.6 Å². The van der Waals surface area contributed by atoms with Gasteiger partial charge in [-0.25, -0.2) is 0 Å². The highest BCUT2D eigenvalue weighted by Gasteiger charge is 2.36. The minimum Gasteiger partial charge on any atom is -0.321 e. The second kappa shape index (κ2) is 8.05. The molecule has 1 N–H and O–H groups in total. The van der Waals surface area contributed by atoms with Crippen molar-refractivity contribution in [3.8, 4) is 0 Å². The Morgan fingerprint density at radius 2 is 2.15 bits per heavy atom. The smallest absolute Gasteiger partial charge is 0.241 e. The zero-order valence-corrected chi connectivity index (χ0v) is 13.9. The molecule has 20 heavy (non-hydrogen) atoms. The number of hydrogen-bond acceptors (Lipinski definition) is 4. The van der Waals surface area contributed by atoms with E-state index >= 15 is 0 Å². The van der Waals surface area contributed by atoms with Crippen molar-refractivity contribution in [3.63, 3.8) is 0 Å². The Balaban J connectivity index is 1.82. The molecule has 2 atom stereocenters. The predicted octanol–water partition coefficient (Wildman–Crippen LogP) is 3.49.